The van der Waals surface area contributed by atoms with Crippen molar-refractivity contribution in [2.45, 2.75) is 6.92 Å². The van der Waals surface area contributed by atoms with Gasteiger partial charge < -0.3 is 4.74 Å². The van der Waals surface area contributed by atoms with E-state index in [2.05, 4.69) is 11.1 Å². The molecule has 2 rings (SSSR count). The van der Waals surface area contributed by atoms with Crippen LogP contribution in [0.25, 0.3) is 11.6 Å². The summed E-state index contributed by atoms with van der Waals surface area (Å²) in [5, 5.41) is 9.23. The average molecular weight is 250 g/mol. The predicted octanol–water partition coefficient (Wildman–Crippen LogP) is 3.46. The molecule has 3 nitrogen and oxygen atoms in total. The van der Waals surface area contributed by atoms with Crippen molar-refractivity contribution in [3.8, 4) is 11.8 Å². The molecule has 0 atom stereocenters. The summed E-state index contributed by atoms with van der Waals surface area (Å²) < 4.78 is 5.22. The van der Waals surface area contributed by atoms with E-state index in [4.69, 9.17) is 4.74 Å². The largest absolute Gasteiger partial charge is 0.496 e. The number of hydrogen-bond donors (Lipinski definition) is 0. The van der Waals surface area contributed by atoms with Crippen LogP contribution in [0.2, 0.25) is 0 Å². The zero-order valence-electron chi connectivity index (χ0n) is 10.9. The van der Waals surface area contributed by atoms with E-state index in [0.29, 0.717) is 11.3 Å². The van der Waals surface area contributed by atoms with Gasteiger partial charge >= 0.3 is 0 Å². The number of ether oxygens (including phenoxy) is 1. The minimum absolute atomic E-state index is 0.546. The molecule has 2 aromatic rings. The van der Waals surface area contributed by atoms with Crippen molar-refractivity contribution in [3.05, 3.63) is 59.4 Å². The maximum Gasteiger partial charge on any atom is 0.121 e. The average Bonchev–Trinajstić information content (AvgIpc) is 2.46. The van der Waals surface area contributed by atoms with Gasteiger partial charge in [0.25, 0.3) is 0 Å². The molecule has 0 aliphatic rings. The Morgan fingerprint density at radius 1 is 1.32 bits per heavy atom. The van der Waals surface area contributed by atoms with E-state index in [1.54, 1.807) is 13.3 Å². The molecule has 0 spiro atoms. The second-order valence-corrected chi connectivity index (χ2v) is 4.11. The van der Waals surface area contributed by atoms with Gasteiger partial charge in [0.05, 0.1) is 18.4 Å². The van der Waals surface area contributed by atoms with Gasteiger partial charge in [-0.25, -0.2) is 0 Å². The van der Waals surface area contributed by atoms with Gasteiger partial charge in [-0.05, 0) is 48.4 Å². The molecule has 3 heteroatoms. The SMILES string of the molecule is COc1ccc(/C=C(\C#N)c2ccccn2)cc1C. The molecule has 0 aliphatic heterocycles. The van der Waals surface area contributed by atoms with Crippen LogP contribution in [0.5, 0.6) is 5.75 Å². The van der Waals surface area contributed by atoms with Crippen molar-refractivity contribution in [2.24, 2.45) is 0 Å². The summed E-state index contributed by atoms with van der Waals surface area (Å²) in [4.78, 5) is 4.19. The van der Waals surface area contributed by atoms with Crippen molar-refractivity contribution in [1.82, 2.24) is 4.98 Å². The highest BCUT2D eigenvalue weighted by Crippen LogP contribution is 2.21. The lowest BCUT2D eigenvalue weighted by Crippen LogP contribution is -1.89. The molecule has 0 radical (unpaired) electrons. The van der Waals surface area contributed by atoms with Crippen LogP contribution < -0.4 is 4.74 Å². The van der Waals surface area contributed by atoms with Crippen molar-refractivity contribution in [1.29, 1.82) is 5.26 Å². The first-order valence-electron chi connectivity index (χ1n) is 5.92. The number of aromatic nitrogens is 1. The molecule has 1 aromatic heterocycles. The predicted molar refractivity (Wildman–Crippen MR) is 75.5 cm³/mol. The summed E-state index contributed by atoms with van der Waals surface area (Å²) in [6, 6.07) is 13.5. The molecule has 0 saturated carbocycles. The van der Waals surface area contributed by atoms with Crippen LogP contribution in [-0.2, 0) is 0 Å². The zero-order valence-corrected chi connectivity index (χ0v) is 10.9. The van der Waals surface area contributed by atoms with Crippen molar-refractivity contribution < 1.29 is 4.74 Å². The number of nitriles is 1. The molecule has 0 amide bonds. The third kappa shape index (κ3) is 2.99. The zero-order chi connectivity index (χ0) is 13.7. The first kappa shape index (κ1) is 12.8. The van der Waals surface area contributed by atoms with E-state index in [1.165, 1.54) is 0 Å². The van der Waals surface area contributed by atoms with E-state index in [9.17, 15) is 5.26 Å². The number of hydrogen-bond acceptors (Lipinski definition) is 3. The molecular formula is C16H14N2O. The van der Waals surface area contributed by atoms with Gasteiger partial charge in [-0.1, -0.05) is 12.1 Å². The summed E-state index contributed by atoms with van der Waals surface area (Å²) in [5.74, 6) is 0.841. The molecular weight excluding hydrogens is 236 g/mol. The summed E-state index contributed by atoms with van der Waals surface area (Å²) >= 11 is 0. The maximum absolute atomic E-state index is 9.23. The maximum atomic E-state index is 9.23. The second-order valence-electron chi connectivity index (χ2n) is 4.11. The number of pyridine rings is 1. The third-order valence-electron chi connectivity index (χ3n) is 2.79. The minimum atomic E-state index is 0.546. The standard InChI is InChI=1S/C16H14N2O/c1-12-9-13(6-7-16(12)19-2)10-14(11-17)15-5-3-4-8-18-15/h3-10H,1-2H3/b14-10+. The Hall–Kier alpha value is -2.60. The fraction of sp³-hybridized carbons (Fsp3) is 0.125. The topological polar surface area (TPSA) is 45.9 Å². The Bertz CT molecular complexity index is 640. The molecule has 94 valence electrons. The van der Waals surface area contributed by atoms with Crippen LogP contribution in [0.3, 0.4) is 0 Å². The van der Waals surface area contributed by atoms with Crippen LogP contribution in [0, 0.1) is 18.3 Å². The first-order chi connectivity index (χ1) is 9.24. The first-order valence-corrected chi connectivity index (χ1v) is 5.92. The van der Waals surface area contributed by atoms with Gasteiger partial charge in [0.1, 0.15) is 11.8 Å². The Kier molecular flexibility index (Phi) is 3.94. The van der Waals surface area contributed by atoms with Gasteiger partial charge in [0, 0.05) is 6.20 Å². The fourth-order valence-corrected chi connectivity index (χ4v) is 1.84. The summed E-state index contributed by atoms with van der Waals surface area (Å²) in [6.07, 6.45) is 3.51. The normalized spacial score (nSPS) is 10.9. The van der Waals surface area contributed by atoms with Gasteiger partial charge in [-0.2, -0.15) is 5.26 Å². The van der Waals surface area contributed by atoms with E-state index >= 15 is 0 Å². The van der Waals surface area contributed by atoms with Gasteiger partial charge in [0.15, 0.2) is 0 Å². The smallest absolute Gasteiger partial charge is 0.121 e. The lowest BCUT2D eigenvalue weighted by Gasteiger charge is -2.05. The molecule has 1 heterocycles. The molecule has 0 aliphatic carbocycles. The lowest BCUT2D eigenvalue weighted by atomic mass is 10.1. The van der Waals surface area contributed by atoms with E-state index in [0.717, 1.165) is 16.9 Å². The molecule has 0 bridgehead atoms. The fourth-order valence-electron chi connectivity index (χ4n) is 1.84. The minimum Gasteiger partial charge on any atom is -0.496 e. The quantitative estimate of drug-likeness (QED) is 0.784. The van der Waals surface area contributed by atoms with E-state index in [1.807, 2.05) is 49.4 Å². The molecule has 1 aromatic carbocycles. The van der Waals surface area contributed by atoms with Crippen LogP contribution >= 0.6 is 0 Å². The molecule has 0 saturated heterocycles. The number of aryl methyl sites for hydroxylation is 1. The van der Waals surface area contributed by atoms with Crippen LogP contribution in [-0.4, -0.2) is 12.1 Å². The number of allylic oxidation sites excluding steroid dienone is 1. The Morgan fingerprint density at radius 3 is 2.74 bits per heavy atom. The second kappa shape index (κ2) is 5.83. The van der Waals surface area contributed by atoms with Crippen molar-refractivity contribution in [2.75, 3.05) is 7.11 Å². The molecule has 0 N–H and O–H groups in total. The lowest BCUT2D eigenvalue weighted by molar-refractivity contribution is 0.411. The summed E-state index contributed by atoms with van der Waals surface area (Å²) in [5.41, 5.74) is 3.22. The summed E-state index contributed by atoms with van der Waals surface area (Å²) in [6.45, 7) is 1.98. The van der Waals surface area contributed by atoms with E-state index in [-0.39, 0.29) is 0 Å². The van der Waals surface area contributed by atoms with Crippen LogP contribution in [0.15, 0.2) is 42.6 Å². The van der Waals surface area contributed by atoms with Gasteiger partial charge in [0.2, 0.25) is 0 Å². The third-order valence-corrected chi connectivity index (χ3v) is 2.79. The highest BCUT2D eigenvalue weighted by molar-refractivity contribution is 5.88. The van der Waals surface area contributed by atoms with Gasteiger partial charge in [-0.15, -0.1) is 0 Å². The van der Waals surface area contributed by atoms with Crippen molar-refractivity contribution >= 4 is 11.6 Å². The van der Waals surface area contributed by atoms with Crippen molar-refractivity contribution in [3.63, 3.8) is 0 Å². The van der Waals surface area contributed by atoms with Crippen LogP contribution in [0.1, 0.15) is 16.8 Å². The Morgan fingerprint density at radius 2 is 2.16 bits per heavy atom. The van der Waals surface area contributed by atoms with Gasteiger partial charge in [-0.3, -0.25) is 4.98 Å². The monoisotopic (exact) mass is 250 g/mol. The molecule has 19 heavy (non-hydrogen) atoms. The number of nitrogens with zero attached hydrogens (tertiary/aromatic N) is 2. The summed E-state index contributed by atoms with van der Waals surface area (Å²) in [7, 11) is 1.65. The molecule has 0 unspecified atom stereocenters. The highest BCUT2D eigenvalue weighted by atomic mass is 16.5. The molecule has 0 fully saturated rings. The number of methoxy groups -OCH3 is 1. The number of rotatable bonds is 3. The highest BCUT2D eigenvalue weighted by Gasteiger charge is 2.03. The number of benzene rings is 1. The Labute approximate surface area is 112 Å². The Balaban J connectivity index is 2.39. The van der Waals surface area contributed by atoms with Crippen LogP contribution in [0.4, 0.5) is 0 Å². The van der Waals surface area contributed by atoms with E-state index < -0.39 is 0 Å².